The zero-order valence-corrected chi connectivity index (χ0v) is 19.8. The van der Waals surface area contributed by atoms with Crippen LogP contribution in [0, 0.1) is 6.92 Å². The zero-order valence-electron chi connectivity index (χ0n) is 19.0. The number of nitrogens with zero attached hydrogens (tertiary/aromatic N) is 3. The van der Waals surface area contributed by atoms with Crippen LogP contribution in [0.25, 0.3) is 0 Å². The largest absolute Gasteiger partial charge is 0.325 e. The highest BCUT2D eigenvalue weighted by atomic mass is 32.2. The molecule has 34 heavy (non-hydrogen) atoms. The Bertz CT molecular complexity index is 1450. The Labute approximate surface area is 199 Å². The monoisotopic (exact) mass is 472 g/mol. The first-order valence-corrected chi connectivity index (χ1v) is 13.3. The fourth-order valence-electron chi connectivity index (χ4n) is 5.80. The van der Waals surface area contributed by atoms with Crippen molar-refractivity contribution < 1.29 is 17.8 Å². The van der Waals surface area contributed by atoms with Crippen LogP contribution in [0.3, 0.4) is 0 Å². The molecule has 3 aromatic rings. The molecule has 172 valence electrons. The highest BCUT2D eigenvalue weighted by Gasteiger charge is 2.49. The van der Waals surface area contributed by atoms with Crippen molar-refractivity contribution in [1.29, 1.82) is 0 Å². The van der Waals surface area contributed by atoms with Crippen LogP contribution in [0.15, 0.2) is 71.9 Å². The number of hydrogen-bond donors (Lipinski definition) is 0. The van der Waals surface area contributed by atoms with E-state index in [0.29, 0.717) is 23.5 Å². The molecule has 3 aliphatic rings. The SMILES string of the molecule is Cc1cncc(C(=O)N2CC3CCC(C2)[N+]3=C2c3ccccc3CS(=O)(=O)c3ccccc32)c1. The number of fused-ring (bicyclic) bond motifs is 4. The molecular weight excluding hydrogens is 446 g/mol. The Kier molecular flexibility index (Phi) is 4.92. The van der Waals surface area contributed by atoms with Gasteiger partial charge in [0.2, 0.25) is 5.71 Å². The molecule has 2 aromatic carbocycles. The minimum atomic E-state index is -3.46. The topological polar surface area (TPSA) is 70.3 Å². The van der Waals surface area contributed by atoms with Gasteiger partial charge < -0.3 is 4.90 Å². The van der Waals surface area contributed by atoms with Crippen LogP contribution in [-0.2, 0) is 15.6 Å². The van der Waals surface area contributed by atoms with E-state index in [2.05, 4.69) is 9.56 Å². The van der Waals surface area contributed by atoms with E-state index in [0.717, 1.165) is 40.8 Å². The number of piperazine rings is 1. The Morgan fingerprint density at radius 1 is 0.971 bits per heavy atom. The van der Waals surface area contributed by atoms with Crippen molar-refractivity contribution in [2.75, 3.05) is 13.1 Å². The van der Waals surface area contributed by atoms with E-state index in [1.807, 2.05) is 54.3 Å². The molecule has 0 saturated carbocycles. The third kappa shape index (κ3) is 3.38. The summed E-state index contributed by atoms with van der Waals surface area (Å²) in [4.78, 5) is 19.8. The first-order chi connectivity index (χ1) is 16.4. The van der Waals surface area contributed by atoms with Gasteiger partial charge in [0, 0.05) is 25.2 Å². The molecule has 2 atom stereocenters. The Morgan fingerprint density at radius 3 is 2.38 bits per heavy atom. The molecule has 0 N–H and O–H groups in total. The molecule has 2 fully saturated rings. The second-order valence-corrected chi connectivity index (χ2v) is 11.5. The lowest BCUT2D eigenvalue weighted by molar-refractivity contribution is -0.588. The van der Waals surface area contributed by atoms with E-state index in [1.165, 1.54) is 0 Å². The van der Waals surface area contributed by atoms with E-state index in [4.69, 9.17) is 0 Å². The number of hydrogen-bond acceptors (Lipinski definition) is 4. The molecular formula is C27H26N3O3S+. The number of aromatic nitrogens is 1. The summed E-state index contributed by atoms with van der Waals surface area (Å²) in [6.45, 7) is 3.17. The van der Waals surface area contributed by atoms with Crippen LogP contribution >= 0.6 is 0 Å². The van der Waals surface area contributed by atoms with E-state index in [9.17, 15) is 13.2 Å². The maximum atomic E-state index is 13.3. The molecule has 0 aliphatic carbocycles. The number of pyridine rings is 1. The maximum Gasteiger partial charge on any atom is 0.255 e. The van der Waals surface area contributed by atoms with Gasteiger partial charge in [-0.05, 0) is 42.3 Å². The van der Waals surface area contributed by atoms with Gasteiger partial charge in [-0.2, -0.15) is 0 Å². The van der Waals surface area contributed by atoms with Gasteiger partial charge in [0.15, 0.2) is 21.9 Å². The van der Waals surface area contributed by atoms with Crippen molar-refractivity contribution >= 4 is 21.5 Å². The van der Waals surface area contributed by atoms with Gasteiger partial charge >= 0.3 is 0 Å². The lowest BCUT2D eigenvalue weighted by atomic mass is 9.96. The molecule has 0 radical (unpaired) electrons. The fourth-order valence-corrected chi connectivity index (χ4v) is 7.41. The number of carbonyl (C=O) groups is 1. The molecule has 1 amide bonds. The van der Waals surface area contributed by atoms with Gasteiger partial charge in [-0.3, -0.25) is 9.78 Å². The molecule has 1 aromatic heterocycles. The van der Waals surface area contributed by atoms with Crippen molar-refractivity contribution in [3.05, 3.63) is 94.8 Å². The summed E-state index contributed by atoms with van der Waals surface area (Å²) in [5.41, 5.74) is 5.16. The molecule has 6 nitrogen and oxygen atoms in total. The average Bonchev–Trinajstić information content (AvgIpc) is 3.02. The van der Waals surface area contributed by atoms with E-state index < -0.39 is 9.84 Å². The normalized spacial score (nSPS) is 22.7. The predicted octanol–water partition coefficient (Wildman–Crippen LogP) is 3.21. The molecule has 3 aliphatic heterocycles. The standard InChI is InChI=1S/C27H26N3O3S/c1-18-12-20(14-28-13-18)27(31)29-15-21-10-11-22(16-29)30(21)26-23-7-3-2-6-19(23)17-34(32,33)25-9-5-4-8-24(25)26/h2-9,12-14,21-22H,10-11,15-17H2,1H3/q+1. The summed E-state index contributed by atoms with van der Waals surface area (Å²) in [6.07, 6.45) is 5.34. The third-order valence-corrected chi connectivity index (χ3v) is 8.96. The summed E-state index contributed by atoms with van der Waals surface area (Å²) >= 11 is 0. The van der Waals surface area contributed by atoms with Gasteiger partial charge in [-0.1, -0.05) is 30.3 Å². The van der Waals surface area contributed by atoms with Gasteiger partial charge in [0.25, 0.3) is 5.91 Å². The first-order valence-electron chi connectivity index (χ1n) is 11.7. The van der Waals surface area contributed by atoms with Crippen LogP contribution in [0.1, 0.15) is 45.5 Å². The van der Waals surface area contributed by atoms with Crippen molar-refractivity contribution in [3.8, 4) is 0 Å². The molecule has 0 spiro atoms. The van der Waals surface area contributed by atoms with Crippen molar-refractivity contribution in [1.82, 2.24) is 9.88 Å². The number of likely N-dealkylation sites (tertiary alicyclic amines) is 1. The van der Waals surface area contributed by atoms with Gasteiger partial charge in [-0.15, -0.1) is 0 Å². The lowest BCUT2D eigenvalue weighted by Gasteiger charge is -2.32. The third-order valence-electron chi connectivity index (χ3n) is 7.24. The summed E-state index contributed by atoms with van der Waals surface area (Å²) < 4.78 is 29.0. The molecule has 7 heteroatoms. The Balaban J connectivity index is 1.49. The number of benzene rings is 2. The van der Waals surface area contributed by atoms with Gasteiger partial charge in [0.05, 0.1) is 40.4 Å². The minimum absolute atomic E-state index is 0.00215. The average molecular weight is 473 g/mol. The lowest BCUT2D eigenvalue weighted by Crippen LogP contribution is -2.53. The van der Waals surface area contributed by atoms with Crippen LogP contribution in [0.2, 0.25) is 0 Å². The van der Waals surface area contributed by atoms with Crippen molar-refractivity contribution in [3.63, 3.8) is 0 Å². The maximum absolute atomic E-state index is 13.3. The molecule has 2 unspecified atom stereocenters. The van der Waals surface area contributed by atoms with Gasteiger partial charge in [0.1, 0.15) is 0 Å². The quantitative estimate of drug-likeness (QED) is 0.510. The van der Waals surface area contributed by atoms with Crippen molar-refractivity contribution in [2.45, 2.75) is 42.5 Å². The molecule has 2 saturated heterocycles. The van der Waals surface area contributed by atoms with E-state index >= 15 is 0 Å². The first kappa shape index (κ1) is 21.2. The molecule has 2 bridgehead atoms. The second-order valence-electron chi connectivity index (χ2n) is 9.51. The Hall–Kier alpha value is -3.32. The van der Waals surface area contributed by atoms with Crippen LogP contribution in [0.5, 0.6) is 0 Å². The second kappa shape index (κ2) is 7.87. The van der Waals surface area contributed by atoms with E-state index in [-0.39, 0.29) is 23.7 Å². The highest BCUT2D eigenvalue weighted by Crippen LogP contribution is 2.35. The summed E-state index contributed by atoms with van der Waals surface area (Å²) in [6, 6.07) is 17.4. The summed E-state index contributed by atoms with van der Waals surface area (Å²) in [7, 11) is -3.46. The Morgan fingerprint density at radius 2 is 1.65 bits per heavy atom. The van der Waals surface area contributed by atoms with Crippen molar-refractivity contribution in [2.24, 2.45) is 0 Å². The smallest absolute Gasteiger partial charge is 0.255 e. The highest BCUT2D eigenvalue weighted by molar-refractivity contribution is 7.90. The molecule has 6 rings (SSSR count). The van der Waals surface area contributed by atoms with Crippen LogP contribution in [-0.4, -0.2) is 59.7 Å². The number of amides is 1. The van der Waals surface area contributed by atoms with Crippen LogP contribution in [0.4, 0.5) is 0 Å². The van der Waals surface area contributed by atoms with Gasteiger partial charge in [-0.25, -0.2) is 13.0 Å². The zero-order chi connectivity index (χ0) is 23.4. The predicted molar refractivity (Wildman–Crippen MR) is 129 cm³/mol. The molecule has 4 heterocycles. The number of rotatable bonds is 1. The van der Waals surface area contributed by atoms with Crippen LogP contribution < -0.4 is 0 Å². The number of sulfone groups is 1. The fraction of sp³-hybridized carbons (Fsp3) is 0.296. The number of carbonyl (C=O) groups excluding carboxylic acids is 1. The summed E-state index contributed by atoms with van der Waals surface area (Å²) in [5, 5.41) is 0. The van der Waals surface area contributed by atoms with E-state index in [1.54, 1.807) is 24.5 Å². The summed E-state index contributed by atoms with van der Waals surface area (Å²) in [5.74, 6) is 0.0136. The number of aryl methyl sites for hydroxylation is 1. The minimum Gasteiger partial charge on any atom is -0.325 e.